The molecule has 2 fully saturated rings. The molecular weight excluding hydrogens is 430 g/mol. The van der Waals surface area contributed by atoms with E-state index in [0.29, 0.717) is 45.8 Å². The molecule has 1 amide bonds. The fourth-order valence-electron chi connectivity index (χ4n) is 4.28. The fourth-order valence-corrected chi connectivity index (χ4v) is 4.50. The predicted molar refractivity (Wildman–Crippen MR) is 121 cm³/mol. The first-order chi connectivity index (χ1) is 15.4. The Balaban J connectivity index is 1.31. The zero-order valence-electron chi connectivity index (χ0n) is 17.4. The van der Waals surface area contributed by atoms with E-state index in [-0.39, 0.29) is 23.8 Å². The van der Waals surface area contributed by atoms with E-state index in [1.165, 1.54) is 6.33 Å². The van der Waals surface area contributed by atoms with Gasteiger partial charge in [0.05, 0.1) is 16.0 Å². The summed E-state index contributed by atoms with van der Waals surface area (Å²) in [6.07, 6.45) is 7.51. The highest BCUT2D eigenvalue weighted by Gasteiger charge is 2.48. The van der Waals surface area contributed by atoms with Crippen LogP contribution in [0.25, 0.3) is 11.0 Å². The van der Waals surface area contributed by atoms with Gasteiger partial charge >= 0.3 is 0 Å². The minimum Gasteiger partial charge on any atom is -0.380 e. The van der Waals surface area contributed by atoms with E-state index in [9.17, 15) is 14.7 Å². The summed E-state index contributed by atoms with van der Waals surface area (Å²) in [6, 6.07) is 7.19. The van der Waals surface area contributed by atoms with Crippen LogP contribution in [-0.4, -0.2) is 49.4 Å². The summed E-state index contributed by atoms with van der Waals surface area (Å²) in [6.45, 7) is 0. The molecule has 0 bridgehead atoms. The van der Waals surface area contributed by atoms with Crippen molar-refractivity contribution in [2.75, 3.05) is 5.32 Å². The number of halogens is 1. The monoisotopic (exact) mass is 453 g/mol. The number of anilines is 1. The summed E-state index contributed by atoms with van der Waals surface area (Å²) < 4.78 is 0. The molecule has 5 rings (SSSR count). The summed E-state index contributed by atoms with van der Waals surface area (Å²) in [5, 5.41) is 17.4. The molecule has 0 radical (unpaired) electrons. The number of carbonyl (C=O) groups is 2. The van der Waals surface area contributed by atoms with Crippen LogP contribution in [0.5, 0.6) is 0 Å². The molecule has 2 aromatic heterocycles. The zero-order valence-corrected chi connectivity index (χ0v) is 18.2. The van der Waals surface area contributed by atoms with E-state index in [4.69, 9.17) is 11.6 Å². The smallest absolute Gasteiger partial charge is 0.252 e. The third-order valence-electron chi connectivity index (χ3n) is 6.38. The van der Waals surface area contributed by atoms with Crippen LogP contribution in [0.4, 0.5) is 5.82 Å². The zero-order chi connectivity index (χ0) is 22.3. The van der Waals surface area contributed by atoms with Crippen LogP contribution < -0.4 is 10.6 Å². The summed E-state index contributed by atoms with van der Waals surface area (Å²) in [5.74, 6) is 0.164. The number of aromatic amines is 1. The van der Waals surface area contributed by atoms with Crippen LogP contribution in [-0.2, 0) is 4.79 Å². The molecule has 1 aromatic carbocycles. The second-order valence-electron chi connectivity index (χ2n) is 8.66. The first-order valence-electron chi connectivity index (χ1n) is 10.9. The maximum atomic E-state index is 13.2. The van der Waals surface area contributed by atoms with Gasteiger partial charge in [-0.15, -0.1) is 0 Å². The molecule has 0 spiro atoms. The van der Waals surface area contributed by atoms with Gasteiger partial charge < -0.3 is 20.7 Å². The number of hydrogen-bond acceptors (Lipinski definition) is 6. The Morgan fingerprint density at radius 2 is 1.78 bits per heavy atom. The highest BCUT2D eigenvalue weighted by Crippen LogP contribution is 2.36. The van der Waals surface area contributed by atoms with E-state index in [2.05, 4.69) is 25.6 Å². The molecule has 0 unspecified atom stereocenters. The van der Waals surface area contributed by atoms with E-state index >= 15 is 0 Å². The van der Waals surface area contributed by atoms with Crippen molar-refractivity contribution in [2.24, 2.45) is 0 Å². The van der Waals surface area contributed by atoms with E-state index in [0.717, 1.165) is 25.7 Å². The van der Waals surface area contributed by atoms with Crippen LogP contribution in [0.3, 0.4) is 0 Å². The van der Waals surface area contributed by atoms with Gasteiger partial charge in [-0.2, -0.15) is 0 Å². The standard InChI is InChI=1S/C23H24ClN5O3/c24-17-4-2-1-3-15(17)19(30)16-11-25-20-18(16)21(27-12-26-20)28-13-5-7-14(8-6-13)29-22(31)23(32)9-10-23/h1-4,11-14,32H,5-10H2,(H,29,31)(H2,25,26,27,28). The summed E-state index contributed by atoms with van der Waals surface area (Å²) in [4.78, 5) is 37.0. The van der Waals surface area contributed by atoms with Crippen molar-refractivity contribution >= 4 is 40.1 Å². The molecule has 2 heterocycles. The Morgan fingerprint density at radius 3 is 2.50 bits per heavy atom. The predicted octanol–water partition coefficient (Wildman–Crippen LogP) is 3.21. The fraction of sp³-hybridized carbons (Fsp3) is 0.391. The van der Waals surface area contributed by atoms with Crippen LogP contribution in [0.2, 0.25) is 5.02 Å². The van der Waals surface area contributed by atoms with E-state index in [1.54, 1.807) is 30.5 Å². The van der Waals surface area contributed by atoms with Gasteiger partial charge in [0.15, 0.2) is 5.78 Å². The average molecular weight is 454 g/mol. The highest BCUT2D eigenvalue weighted by molar-refractivity contribution is 6.35. The quantitative estimate of drug-likeness (QED) is 0.425. The number of carbonyl (C=O) groups excluding carboxylic acids is 2. The number of aromatic nitrogens is 3. The molecule has 3 aromatic rings. The van der Waals surface area contributed by atoms with Gasteiger partial charge in [-0.25, -0.2) is 9.97 Å². The normalized spacial score (nSPS) is 21.8. The number of amides is 1. The van der Waals surface area contributed by atoms with Gasteiger partial charge in [0.1, 0.15) is 23.4 Å². The van der Waals surface area contributed by atoms with Crippen molar-refractivity contribution in [1.29, 1.82) is 0 Å². The number of H-pyrrole nitrogens is 1. The van der Waals surface area contributed by atoms with Crippen molar-refractivity contribution in [3.8, 4) is 0 Å². The Hall–Kier alpha value is -2.97. The van der Waals surface area contributed by atoms with Crippen molar-refractivity contribution < 1.29 is 14.7 Å². The lowest BCUT2D eigenvalue weighted by Crippen LogP contribution is -2.45. The van der Waals surface area contributed by atoms with Gasteiger partial charge in [0, 0.05) is 23.8 Å². The highest BCUT2D eigenvalue weighted by atomic mass is 35.5. The third-order valence-corrected chi connectivity index (χ3v) is 6.71. The van der Waals surface area contributed by atoms with E-state index in [1.807, 2.05) is 0 Å². The summed E-state index contributed by atoms with van der Waals surface area (Å²) in [5.41, 5.74) is 0.338. The Labute approximate surface area is 189 Å². The van der Waals surface area contributed by atoms with Crippen LogP contribution in [0.15, 0.2) is 36.8 Å². The number of ketones is 1. The molecule has 32 heavy (non-hydrogen) atoms. The van der Waals surface area contributed by atoms with Crippen LogP contribution in [0.1, 0.15) is 54.4 Å². The minimum atomic E-state index is -1.14. The lowest BCUT2D eigenvalue weighted by Gasteiger charge is -2.30. The number of benzene rings is 1. The molecule has 0 atom stereocenters. The molecule has 2 aliphatic rings. The SMILES string of the molecule is O=C(c1ccccc1Cl)c1c[nH]c2ncnc(NC3CCC(NC(=O)C4(O)CC4)CC3)c12. The lowest BCUT2D eigenvalue weighted by molar-refractivity contribution is -0.132. The van der Waals surface area contributed by atoms with Crippen molar-refractivity contribution in [1.82, 2.24) is 20.3 Å². The van der Waals surface area contributed by atoms with Crippen molar-refractivity contribution in [2.45, 2.75) is 56.2 Å². The molecule has 2 aliphatic carbocycles. The lowest BCUT2D eigenvalue weighted by atomic mass is 9.90. The van der Waals surface area contributed by atoms with Crippen molar-refractivity contribution in [3.05, 3.63) is 52.9 Å². The molecule has 0 aliphatic heterocycles. The van der Waals surface area contributed by atoms with Crippen LogP contribution in [0, 0.1) is 0 Å². The number of hydrogen-bond donors (Lipinski definition) is 4. The molecule has 166 valence electrons. The Morgan fingerprint density at radius 1 is 1.06 bits per heavy atom. The van der Waals surface area contributed by atoms with Gasteiger partial charge in [0.2, 0.25) is 0 Å². The maximum absolute atomic E-state index is 13.2. The van der Waals surface area contributed by atoms with Crippen molar-refractivity contribution in [3.63, 3.8) is 0 Å². The van der Waals surface area contributed by atoms with Gasteiger partial charge in [-0.1, -0.05) is 23.7 Å². The van der Waals surface area contributed by atoms with Gasteiger partial charge in [-0.3, -0.25) is 9.59 Å². The molecule has 4 N–H and O–H groups in total. The third kappa shape index (κ3) is 3.96. The number of rotatable bonds is 6. The van der Waals surface area contributed by atoms with Gasteiger partial charge in [0.25, 0.3) is 5.91 Å². The largest absolute Gasteiger partial charge is 0.380 e. The Bertz CT molecular complexity index is 1180. The number of aliphatic hydroxyl groups is 1. The first kappa shape index (κ1) is 20.9. The Kier molecular flexibility index (Phi) is 5.35. The van der Waals surface area contributed by atoms with Crippen LogP contribution >= 0.6 is 11.6 Å². The summed E-state index contributed by atoms with van der Waals surface area (Å²) >= 11 is 6.24. The minimum absolute atomic E-state index is 0.0696. The summed E-state index contributed by atoms with van der Waals surface area (Å²) in [7, 11) is 0. The number of nitrogens with one attached hydrogen (secondary N) is 3. The molecule has 0 saturated heterocycles. The second kappa shape index (κ2) is 8.18. The second-order valence-corrected chi connectivity index (χ2v) is 9.06. The maximum Gasteiger partial charge on any atom is 0.252 e. The van der Waals surface area contributed by atoms with E-state index < -0.39 is 5.60 Å². The molecule has 2 saturated carbocycles. The molecule has 9 heteroatoms. The molecular formula is C23H24ClN5O3. The first-order valence-corrected chi connectivity index (χ1v) is 11.2. The molecule has 8 nitrogen and oxygen atoms in total. The number of nitrogens with zero attached hydrogens (tertiary/aromatic N) is 2. The topological polar surface area (TPSA) is 120 Å². The number of fused-ring (bicyclic) bond motifs is 1. The average Bonchev–Trinajstić information content (AvgIpc) is 3.40. The van der Waals surface area contributed by atoms with Gasteiger partial charge in [-0.05, 0) is 50.7 Å².